The number of anilines is 2. The zero-order chi connectivity index (χ0) is 11.9. The molecule has 16 heavy (non-hydrogen) atoms. The zero-order valence-electron chi connectivity index (χ0n) is 7.93. The van der Waals surface area contributed by atoms with Crippen LogP contribution in [0.2, 0.25) is 0 Å². The number of nitro groups is 1. The standard InChI is InChI=1S/C8H7N5O3/c9-6-4(13(15)16)2-1-3-5(6)7(14)12-8(10)11-3/h1-2H,9H2,(H3,10,11,12,14). The highest BCUT2D eigenvalue weighted by Gasteiger charge is 2.17. The Labute approximate surface area is 88.0 Å². The van der Waals surface area contributed by atoms with Gasteiger partial charge in [0.1, 0.15) is 5.69 Å². The minimum atomic E-state index is -0.662. The van der Waals surface area contributed by atoms with Crippen molar-refractivity contribution >= 4 is 28.2 Å². The topological polar surface area (TPSA) is 141 Å². The normalized spacial score (nSPS) is 10.5. The predicted molar refractivity (Wildman–Crippen MR) is 57.8 cm³/mol. The molecule has 0 radical (unpaired) electrons. The van der Waals surface area contributed by atoms with Gasteiger partial charge in [0.2, 0.25) is 5.95 Å². The van der Waals surface area contributed by atoms with Crippen molar-refractivity contribution in [3.05, 3.63) is 32.6 Å². The minimum absolute atomic E-state index is 0.0246. The van der Waals surface area contributed by atoms with Gasteiger partial charge in [0.25, 0.3) is 11.2 Å². The van der Waals surface area contributed by atoms with Gasteiger partial charge in [0.15, 0.2) is 0 Å². The molecule has 0 unspecified atom stereocenters. The summed E-state index contributed by atoms with van der Waals surface area (Å²) in [6, 6.07) is 2.51. The Morgan fingerprint density at radius 1 is 1.38 bits per heavy atom. The predicted octanol–water partition coefficient (Wildman–Crippen LogP) is -0.00430. The van der Waals surface area contributed by atoms with Crippen LogP contribution >= 0.6 is 0 Å². The van der Waals surface area contributed by atoms with Crippen LogP contribution in [0.5, 0.6) is 0 Å². The summed E-state index contributed by atoms with van der Waals surface area (Å²) in [7, 11) is 0. The Hall–Kier alpha value is -2.64. The third kappa shape index (κ3) is 1.32. The van der Waals surface area contributed by atoms with Crippen LogP contribution in [-0.4, -0.2) is 14.9 Å². The molecule has 0 spiro atoms. The average molecular weight is 221 g/mol. The molecular weight excluding hydrogens is 214 g/mol. The number of fused-ring (bicyclic) bond motifs is 1. The van der Waals surface area contributed by atoms with E-state index in [-0.39, 0.29) is 28.2 Å². The molecule has 1 heterocycles. The lowest BCUT2D eigenvalue weighted by atomic mass is 10.2. The number of aromatic amines is 1. The highest BCUT2D eigenvalue weighted by molar-refractivity contribution is 5.94. The Kier molecular flexibility index (Phi) is 1.97. The molecule has 2 aromatic rings. The van der Waals surface area contributed by atoms with E-state index in [4.69, 9.17) is 11.5 Å². The lowest BCUT2D eigenvalue weighted by Gasteiger charge is -2.02. The van der Waals surface area contributed by atoms with Crippen molar-refractivity contribution in [2.75, 3.05) is 11.5 Å². The Morgan fingerprint density at radius 3 is 2.69 bits per heavy atom. The van der Waals surface area contributed by atoms with Crippen molar-refractivity contribution in [2.24, 2.45) is 0 Å². The molecule has 0 fully saturated rings. The number of nitrogens with one attached hydrogen (secondary N) is 1. The van der Waals surface area contributed by atoms with Gasteiger partial charge in [-0.15, -0.1) is 0 Å². The van der Waals surface area contributed by atoms with Crippen LogP contribution in [0.15, 0.2) is 16.9 Å². The van der Waals surface area contributed by atoms with Crippen LogP contribution in [0.1, 0.15) is 0 Å². The number of nitro benzene ring substituents is 1. The molecule has 0 amide bonds. The van der Waals surface area contributed by atoms with Crippen LogP contribution in [-0.2, 0) is 0 Å². The van der Waals surface area contributed by atoms with Crippen LogP contribution in [0.3, 0.4) is 0 Å². The van der Waals surface area contributed by atoms with Crippen molar-refractivity contribution in [3.63, 3.8) is 0 Å². The van der Waals surface area contributed by atoms with Crippen molar-refractivity contribution in [1.82, 2.24) is 9.97 Å². The van der Waals surface area contributed by atoms with Gasteiger partial charge in [-0.25, -0.2) is 4.98 Å². The Balaban J connectivity index is 2.95. The molecule has 0 saturated heterocycles. The van der Waals surface area contributed by atoms with Gasteiger partial charge < -0.3 is 11.5 Å². The number of nitrogen functional groups attached to an aromatic ring is 2. The first-order valence-corrected chi connectivity index (χ1v) is 4.23. The summed E-state index contributed by atoms with van der Waals surface area (Å²) in [5, 5.41) is 10.6. The van der Waals surface area contributed by atoms with Gasteiger partial charge in [-0.05, 0) is 6.07 Å². The maximum Gasteiger partial charge on any atom is 0.293 e. The van der Waals surface area contributed by atoms with Crippen molar-refractivity contribution in [1.29, 1.82) is 0 Å². The minimum Gasteiger partial charge on any atom is -0.392 e. The highest BCUT2D eigenvalue weighted by atomic mass is 16.6. The number of nitrogens with zero attached hydrogens (tertiary/aromatic N) is 2. The molecule has 1 aromatic carbocycles. The summed E-state index contributed by atoms with van der Waals surface area (Å²) < 4.78 is 0. The number of hydrogen-bond acceptors (Lipinski definition) is 6. The molecule has 0 aliphatic heterocycles. The Morgan fingerprint density at radius 2 is 2.06 bits per heavy atom. The monoisotopic (exact) mass is 221 g/mol. The van der Waals surface area contributed by atoms with E-state index in [1.54, 1.807) is 0 Å². The molecule has 2 rings (SSSR count). The number of nitrogens with two attached hydrogens (primary N) is 2. The zero-order valence-corrected chi connectivity index (χ0v) is 7.93. The average Bonchev–Trinajstić information content (AvgIpc) is 2.15. The van der Waals surface area contributed by atoms with Gasteiger partial charge in [-0.1, -0.05) is 0 Å². The fraction of sp³-hybridized carbons (Fsp3) is 0. The molecule has 8 nitrogen and oxygen atoms in total. The van der Waals surface area contributed by atoms with Gasteiger partial charge >= 0.3 is 0 Å². The van der Waals surface area contributed by atoms with E-state index in [0.29, 0.717) is 0 Å². The number of rotatable bonds is 1. The second-order valence-corrected chi connectivity index (χ2v) is 3.10. The number of aromatic nitrogens is 2. The molecule has 8 heteroatoms. The molecule has 0 aliphatic rings. The van der Waals surface area contributed by atoms with Gasteiger partial charge in [-0.2, -0.15) is 0 Å². The summed E-state index contributed by atoms with van der Waals surface area (Å²) in [6.07, 6.45) is 0. The summed E-state index contributed by atoms with van der Waals surface area (Å²) in [5.41, 5.74) is 9.95. The number of benzene rings is 1. The largest absolute Gasteiger partial charge is 0.392 e. The third-order valence-corrected chi connectivity index (χ3v) is 2.11. The molecule has 5 N–H and O–H groups in total. The molecule has 0 saturated carbocycles. The van der Waals surface area contributed by atoms with Gasteiger partial charge in [0.05, 0.1) is 15.8 Å². The summed E-state index contributed by atoms with van der Waals surface area (Å²) in [5.74, 6) is -0.0641. The molecule has 82 valence electrons. The van der Waals surface area contributed by atoms with E-state index >= 15 is 0 Å². The second-order valence-electron chi connectivity index (χ2n) is 3.10. The fourth-order valence-electron chi connectivity index (χ4n) is 1.42. The van der Waals surface area contributed by atoms with Crippen LogP contribution in [0, 0.1) is 10.1 Å². The second kappa shape index (κ2) is 3.19. The number of hydrogen-bond donors (Lipinski definition) is 3. The molecule has 0 bridgehead atoms. The first kappa shape index (κ1) is 9.90. The van der Waals surface area contributed by atoms with Crippen LogP contribution in [0.25, 0.3) is 10.9 Å². The first-order chi connectivity index (χ1) is 7.50. The summed E-state index contributed by atoms with van der Waals surface area (Å²) in [6.45, 7) is 0. The van der Waals surface area contributed by atoms with E-state index in [2.05, 4.69) is 9.97 Å². The maximum absolute atomic E-state index is 11.5. The van der Waals surface area contributed by atoms with Crippen molar-refractivity contribution in [2.45, 2.75) is 0 Å². The van der Waals surface area contributed by atoms with Crippen molar-refractivity contribution in [3.8, 4) is 0 Å². The van der Waals surface area contributed by atoms with Crippen molar-refractivity contribution < 1.29 is 4.92 Å². The fourth-order valence-corrected chi connectivity index (χ4v) is 1.42. The Bertz CT molecular complexity index is 648. The third-order valence-electron chi connectivity index (χ3n) is 2.11. The van der Waals surface area contributed by atoms with Gasteiger partial charge in [0, 0.05) is 6.07 Å². The SMILES string of the molecule is Nc1nc2ccc([N+](=O)[O-])c(N)c2c(=O)[nH]1. The van der Waals surface area contributed by atoms with E-state index < -0.39 is 10.5 Å². The molecule has 0 atom stereocenters. The quantitative estimate of drug-likeness (QED) is 0.351. The summed E-state index contributed by atoms with van der Waals surface area (Å²) >= 11 is 0. The smallest absolute Gasteiger partial charge is 0.293 e. The molecular formula is C8H7N5O3. The summed E-state index contributed by atoms with van der Waals surface area (Å²) in [4.78, 5) is 27.5. The highest BCUT2D eigenvalue weighted by Crippen LogP contribution is 2.26. The molecule has 1 aromatic heterocycles. The van der Waals surface area contributed by atoms with Crippen LogP contribution in [0.4, 0.5) is 17.3 Å². The van der Waals surface area contributed by atoms with E-state index in [1.165, 1.54) is 12.1 Å². The first-order valence-electron chi connectivity index (χ1n) is 4.23. The lowest BCUT2D eigenvalue weighted by Crippen LogP contribution is -2.13. The van der Waals surface area contributed by atoms with E-state index in [1.807, 2.05) is 0 Å². The van der Waals surface area contributed by atoms with E-state index in [9.17, 15) is 14.9 Å². The maximum atomic E-state index is 11.5. The van der Waals surface area contributed by atoms with Crippen LogP contribution < -0.4 is 17.0 Å². The molecule has 0 aliphatic carbocycles. The number of H-pyrrole nitrogens is 1. The van der Waals surface area contributed by atoms with Gasteiger partial charge in [-0.3, -0.25) is 19.9 Å². The van der Waals surface area contributed by atoms with E-state index in [0.717, 1.165) is 0 Å². The lowest BCUT2D eigenvalue weighted by molar-refractivity contribution is -0.383.